The Balaban J connectivity index is 2.38. The molecule has 1 fully saturated rings. The predicted molar refractivity (Wildman–Crippen MR) is 85.0 cm³/mol. The maximum absolute atomic E-state index is 12.6. The van der Waals surface area contributed by atoms with Crippen molar-refractivity contribution < 1.29 is 13.2 Å². The van der Waals surface area contributed by atoms with Gasteiger partial charge in [0, 0.05) is 18.7 Å². The summed E-state index contributed by atoms with van der Waals surface area (Å²) in [5, 5.41) is 5.24. The Morgan fingerprint density at radius 2 is 2.00 bits per heavy atom. The SMILES string of the molecule is Cc1cc(C(=O)N2CCC(C)(CN)C2)cc(S(N)(=O)=O)c1C. The van der Waals surface area contributed by atoms with Crippen molar-refractivity contribution in [1.29, 1.82) is 0 Å². The number of sulfonamides is 1. The summed E-state index contributed by atoms with van der Waals surface area (Å²) < 4.78 is 23.4. The van der Waals surface area contributed by atoms with Crippen molar-refractivity contribution in [3.05, 3.63) is 28.8 Å². The topological polar surface area (TPSA) is 106 Å². The van der Waals surface area contributed by atoms with Crippen LogP contribution in [-0.4, -0.2) is 38.9 Å². The zero-order chi connectivity index (χ0) is 16.7. The van der Waals surface area contributed by atoms with Gasteiger partial charge in [0.25, 0.3) is 5.91 Å². The van der Waals surface area contributed by atoms with Gasteiger partial charge in [-0.1, -0.05) is 6.92 Å². The molecular weight excluding hydrogens is 302 g/mol. The highest BCUT2D eigenvalue weighted by molar-refractivity contribution is 7.89. The predicted octanol–water partition coefficient (Wildman–Crippen LogP) is 0.762. The molecule has 0 saturated carbocycles. The van der Waals surface area contributed by atoms with Gasteiger partial charge in [-0.3, -0.25) is 4.79 Å². The molecule has 1 aromatic rings. The van der Waals surface area contributed by atoms with Gasteiger partial charge in [-0.15, -0.1) is 0 Å². The van der Waals surface area contributed by atoms with Gasteiger partial charge in [-0.2, -0.15) is 0 Å². The molecule has 0 radical (unpaired) electrons. The molecule has 1 heterocycles. The smallest absolute Gasteiger partial charge is 0.253 e. The average molecular weight is 325 g/mol. The number of aryl methyl sites for hydroxylation is 1. The summed E-state index contributed by atoms with van der Waals surface area (Å²) in [6.45, 7) is 7.24. The van der Waals surface area contributed by atoms with Crippen LogP contribution < -0.4 is 10.9 Å². The fourth-order valence-corrected chi connectivity index (χ4v) is 3.67. The summed E-state index contributed by atoms with van der Waals surface area (Å²) in [6.07, 6.45) is 0.849. The van der Waals surface area contributed by atoms with Crippen LogP contribution in [0.25, 0.3) is 0 Å². The van der Waals surface area contributed by atoms with Gasteiger partial charge in [-0.05, 0) is 55.5 Å². The molecule has 1 amide bonds. The fraction of sp³-hybridized carbons (Fsp3) is 0.533. The molecule has 1 aromatic carbocycles. The Bertz CT molecular complexity index is 715. The Labute approximate surface area is 131 Å². The molecule has 22 heavy (non-hydrogen) atoms. The number of carbonyl (C=O) groups excluding carboxylic acids is 1. The largest absolute Gasteiger partial charge is 0.338 e. The third-order valence-electron chi connectivity index (χ3n) is 4.51. The van der Waals surface area contributed by atoms with Crippen LogP contribution in [0.2, 0.25) is 0 Å². The maximum Gasteiger partial charge on any atom is 0.253 e. The number of benzene rings is 1. The summed E-state index contributed by atoms with van der Waals surface area (Å²) in [5.41, 5.74) is 7.35. The van der Waals surface area contributed by atoms with Crippen LogP contribution in [0, 0.1) is 19.3 Å². The Morgan fingerprint density at radius 3 is 2.50 bits per heavy atom. The van der Waals surface area contributed by atoms with Gasteiger partial charge in [0.1, 0.15) is 0 Å². The van der Waals surface area contributed by atoms with E-state index in [2.05, 4.69) is 6.92 Å². The Morgan fingerprint density at radius 1 is 1.36 bits per heavy atom. The zero-order valence-electron chi connectivity index (χ0n) is 13.2. The number of carbonyl (C=O) groups is 1. The van der Waals surface area contributed by atoms with E-state index in [1.807, 2.05) is 0 Å². The quantitative estimate of drug-likeness (QED) is 0.855. The lowest BCUT2D eigenvalue weighted by Crippen LogP contribution is -2.34. The molecular formula is C15H23N3O3S. The minimum Gasteiger partial charge on any atom is -0.338 e. The summed E-state index contributed by atoms with van der Waals surface area (Å²) in [7, 11) is -3.85. The lowest BCUT2D eigenvalue weighted by Gasteiger charge is -2.23. The van der Waals surface area contributed by atoms with Crippen molar-refractivity contribution in [2.45, 2.75) is 32.1 Å². The van der Waals surface area contributed by atoms with E-state index in [0.717, 1.165) is 12.0 Å². The molecule has 0 spiro atoms. The summed E-state index contributed by atoms with van der Waals surface area (Å²) in [4.78, 5) is 14.4. The average Bonchev–Trinajstić information content (AvgIpc) is 2.83. The number of rotatable bonds is 3. The highest BCUT2D eigenvalue weighted by Gasteiger charge is 2.35. The number of amides is 1. The monoisotopic (exact) mass is 325 g/mol. The van der Waals surface area contributed by atoms with Gasteiger partial charge >= 0.3 is 0 Å². The van der Waals surface area contributed by atoms with Crippen LogP contribution in [-0.2, 0) is 10.0 Å². The summed E-state index contributed by atoms with van der Waals surface area (Å²) >= 11 is 0. The van der Waals surface area contributed by atoms with Gasteiger partial charge in [0.05, 0.1) is 4.90 Å². The van der Waals surface area contributed by atoms with Crippen LogP contribution in [0.15, 0.2) is 17.0 Å². The molecule has 1 aliphatic rings. The van der Waals surface area contributed by atoms with E-state index in [0.29, 0.717) is 30.8 Å². The van der Waals surface area contributed by atoms with E-state index in [1.165, 1.54) is 6.07 Å². The maximum atomic E-state index is 12.6. The number of hydrogen-bond donors (Lipinski definition) is 2. The second-order valence-corrected chi connectivity index (χ2v) is 7.98. The number of hydrogen-bond acceptors (Lipinski definition) is 4. The third-order valence-corrected chi connectivity index (χ3v) is 5.55. The van der Waals surface area contributed by atoms with Gasteiger partial charge in [-0.25, -0.2) is 13.6 Å². The molecule has 0 bridgehead atoms. The molecule has 1 atom stereocenters. The summed E-state index contributed by atoms with van der Waals surface area (Å²) in [6, 6.07) is 3.09. The van der Waals surface area contributed by atoms with Gasteiger partial charge in [0.15, 0.2) is 0 Å². The minimum atomic E-state index is -3.85. The molecule has 2 rings (SSSR count). The Kier molecular flexibility index (Phi) is 4.34. The van der Waals surface area contributed by atoms with E-state index >= 15 is 0 Å². The van der Waals surface area contributed by atoms with Crippen LogP contribution in [0.1, 0.15) is 34.8 Å². The molecule has 7 heteroatoms. The molecule has 1 saturated heterocycles. The van der Waals surface area contributed by atoms with Crippen molar-refractivity contribution in [3.63, 3.8) is 0 Å². The first-order chi connectivity index (χ1) is 10.1. The van der Waals surface area contributed by atoms with E-state index in [9.17, 15) is 13.2 Å². The Hall–Kier alpha value is -1.44. The van der Waals surface area contributed by atoms with E-state index in [1.54, 1.807) is 24.8 Å². The van der Waals surface area contributed by atoms with Crippen molar-refractivity contribution in [2.24, 2.45) is 16.3 Å². The second-order valence-electron chi connectivity index (χ2n) is 6.45. The lowest BCUT2D eigenvalue weighted by atomic mass is 9.90. The highest BCUT2D eigenvalue weighted by Crippen LogP contribution is 2.30. The standard InChI is InChI=1S/C15H23N3O3S/c1-10-6-12(7-13(11(10)2)22(17,20)21)14(19)18-5-4-15(3,8-16)9-18/h6-7H,4-5,8-9,16H2,1-3H3,(H2,17,20,21). The van der Waals surface area contributed by atoms with Crippen LogP contribution >= 0.6 is 0 Å². The zero-order valence-corrected chi connectivity index (χ0v) is 14.0. The number of nitrogens with two attached hydrogens (primary N) is 2. The van der Waals surface area contributed by atoms with Crippen molar-refractivity contribution in [2.75, 3.05) is 19.6 Å². The number of likely N-dealkylation sites (tertiary alicyclic amines) is 1. The van der Waals surface area contributed by atoms with E-state index < -0.39 is 10.0 Å². The molecule has 1 unspecified atom stereocenters. The van der Waals surface area contributed by atoms with E-state index in [4.69, 9.17) is 10.9 Å². The normalized spacial score (nSPS) is 22.1. The molecule has 6 nitrogen and oxygen atoms in total. The lowest BCUT2D eigenvalue weighted by molar-refractivity contribution is 0.0776. The van der Waals surface area contributed by atoms with Crippen LogP contribution in [0.5, 0.6) is 0 Å². The first-order valence-corrected chi connectivity index (χ1v) is 8.75. The molecule has 0 aromatic heterocycles. The molecule has 0 aliphatic carbocycles. The highest BCUT2D eigenvalue weighted by atomic mass is 32.2. The van der Waals surface area contributed by atoms with Crippen LogP contribution in [0.3, 0.4) is 0 Å². The van der Waals surface area contributed by atoms with E-state index in [-0.39, 0.29) is 16.2 Å². The summed E-state index contributed by atoms with van der Waals surface area (Å²) in [5.74, 6) is -0.176. The molecule has 4 N–H and O–H groups in total. The first kappa shape index (κ1) is 16.9. The first-order valence-electron chi connectivity index (χ1n) is 7.21. The number of nitrogens with zero attached hydrogens (tertiary/aromatic N) is 1. The fourth-order valence-electron chi connectivity index (χ4n) is 2.79. The number of primary sulfonamides is 1. The third kappa shape index (κ3) is 3.16. The van der Waals surface area contributed by atoms with Gasteiger partial charge in [0.2, 0.25) is 10.0 Å². The van der Waals surface area contributed by atoms with Crippen molar-refractivity contribution >= 4 is 15.9 Å². The second kappa shape index (κ2) is 5.64. The van der Waals surface area contributed by atoms with Crippen molar-refractivity contribution in [3.8, 4) is 0 Å². The minimum absolute atomic E-state index is 0.0108. The van der Waals surface area contributed by atoms with Crippen molar-refractivity contribution in [1.82, 2.24) is 4.90 Å². The molecule has 1 aliphatic heterocycles. The van der Waals surface area contributed by atoms with Crippen LogP contribution in [0.4, 0.5) is 0 Å². The van der Waals surface area contributed by atoms with Gasteiger partial charge < -0.3 is 10.6 Å². The molecule has 122 valence electrons.